The molecule has 10 heteroatoms. The van der Waals surface area contributed by atoms with Gasteiger partial charge in [-0.2, -0.15) is 4.98 Å². The molecule has 0 spiro atoms. The molecule has 3 N–H and O–H groups in total. The standard InChI is InChI=1S/C20H18FN7OS/c1-11(12-3-5-13(21)6-4-12)16-17(14-9-25-20(29-2)30-14)27-19(22)28-18(16)26-15-10-23-7-8-24-15/h3-11H,1-2H3,(H3,22,24,26,27,28). The molecule has 30 heavy (non-hydrogen) atoms. The first-order valence-electron chi connectivity index (χ1n) is 9.01. The van der Waals surface area contributed by atoms with Crippen LogP contribution in [0.2, 0.25) is 0 Å². The number of hydrogen-bond donors (Lipinski definition) is 2. The monoisotopic (exact) mass is 423 g/mol. The number of nitrogens with one attached hydrogen (secondary N) is 1. The Morgan fingerprint density at radius 2 is 1.90 bits per heavy atom. The highest BCUT2D eigenvalue weighted by molar-refractivity contribution is 7.16. The number of aromatic nitrogens is 5. The number of hydrogen-bond acceptors (Lipinski definition) is 9. The quantitative estimate of drug-likeness (QED) is 0.478. The fourth-order valence-corrected chi connectivity index (χ4v) is 3.78. The lowest BCUT2D eigenvalue weighted by molar-refractivity contribution is 0.412. The van der Waals surface area contributed by atoms with E-state index < -0.39 is 0 Å². The van der Waals surface area contributed by atoms with Crippen molar-refractivity contribution in [1.29, 1.82) is 0 Å². The van der Waals surface area contributed by atoms with Crippen LogP contribution in [-0.2, 0) is 0 Å². The number of methoxy groups -OCH3 is 1. The first-order chi connectivity index (χ1) is 14.5. The van der Waals surface area contributed by atoms with E-state index in [1.165, 1.54) is 23.5 Å². The third-order valence-corrected chi connectivity index (χ3v) is 5.43. The lowest BCUT2D eigenvalue weighted by atomic mass is 9.91. The van der Waals surface area contributed by atoms with Crippen LogP contribution < -0.4 is 15.8 Å². The zero-order valence-electron chi connectivity index (χ0n) is 16.2. The van der Waals surface area contributed by atoms with Crippen molar-refractivity contribution < 1.29 is 9.13 Å². The van der Waals surface area contributed by atoms with E-state index in [1.807, 2.05) is 6.92 Å². The van der Waals surface area contributed by atoms with Crippen molar-refractivity contribution in [1.82, 2.24) is 24.9 Å². The van der Waals surface area contributed by atoms with Gasteiger partial charge in [0.05, 0.1) is 30.1 Å². The Balaban J connectivity index is 1.89. The minimum absolute atomic E-state index is 0.0961. The van der Waals surface area contributed by atoms with Gasteiger partial charge in [0.15, 0.2) is 0 Å². The number of benzene rings is 1. The molecule has 1 aromatic carbocycles. The SMILES string of the molecule is COc1ncc(-c2nc(N)nc(Nc3cnccn3)c2C(C)c2ccc(F)cc2)s1. The van der Waals surface area contributed by atoms with Crippen molar-refractivity contribution in [3.63, 3.8) is 0 Å². The predicted octanol–water partition coefficient (Wildman–Crippen LogP) is 4.02. The number of halogens is 1. The second kappa shape index (κ2) is 8.37. The molecular weight excluding hydrogens is 405 g/mol. The van der Waals surface area contributed by atoms with Crippen molar-refractivity contribution in [2.24, 2.45) is 0 Å². The fraction of sp³-hybridized carbons (Fsp3) is 0.150. The van der Waals surface area contributed by atoms with Gasteiger partial charge in [0, 0.05) is 23.9 Å². The normalized spacial score (nSPS) is 11.8. The van der Waals surface area contributed by atoms with Crippen LogP contribution >= 0.6 is 11.3 Å². The Morgan fingerprint density at radius 3 is 2.57 bits per heavy atom. The molecule has 0 bridgehead atoms. The van der Waals surface area contributed by atoms with Crippen LogP contribution in [0.5, 0.6) is 5.19 Å². The van der Waals surface area contributed by atoms with E-state index in [9.17, 15) is 4.39 Å². The summed E-state index contributed by atoms with van der Waals surface area (Å²) >= 11 is 1.34. The van der Waals surface area contributed by atoms with E-state index in [-0.39, 0.29) is 17.7 Å². The van der Waals surface area contributed by atoms with Crippen molar-refractivity contribution in [3.8, 4) is 15.8 Å². The molecule has 8 nitrogen and oxygen atoms in total. The van der Waals surface area contributed by atoms with Crippen LogP contribution in [0.3, 0.4) is 0 Å². The van der Waals surface area contributed by atoms with Gasteiger partial charge in [-0.25, -0.2) is 19.3 Å². The van der Waals surface area contributed by atoms with E-state index >= 15 is 0 Å². The molecule has 0 fully saturated rings. The number of nitrogens with two attached hydrogens (primary N) is 1. The molecule has 0 saturated heterocycles. The summed E-state index contributed by atoms with van der Waals surface area (Å²) in [6.45, 7) is 1.99. The van der Waals surface area contributed by atoms with Gasteiger partial charge in [-0.15, -0.1) is 0 Å². The van der Waals surface area contributed by atoms with Crippen molar-refractivity contribution in [2.75, 3.05) is 18.2 Å². The molecule has 4 aromatic rings. The Hall–Kier alpha value is -3.66. The van der Waals surface area contributed by atoms with Gasteiger partial charge in [-0.05, 0) is 17.7 Å². The molecule has 1 unspecified atom stereocenters. The highest BCUT2D eigenvalue weighted by atomic mass is 32.1. The fourth-order valence-electron chi connectivity index (χ4n) is 3.04. The summed E-state index contributed by atoms with van der Waals surface area (Å²) < 4.78 is 18.7. The summed E-state index contributed by atoms with van der Waals surface area (Å²) in [5, 5.41) is 3.69. The number of rotatable bonds is 6. The minimum Gasteiger partial charge on any atom is -0.473 e. The summed E-state index contributed by atoms with van der Waals surface area (Å²) in [6, 6.07) is 6.32. The molecule has 0 amide bonds. The van der Waals surface area contributed by atoms with Crippen LogP contribution in [0, 0.1) is 5.82 Å². The molecule has 0 aliphatic rings. The van der Waals surface area contributed by atoms with E-state index in [0.717, 1.165) is 16.0 Å². The van der Waals surface area contributed by atoms with Gasteiger partial charge in [0.2, 0.25) is 5.95 Å². The molecule has 4 rings (SSSR count). The zero-order valence-corrected chi connectivity index (χ0v) is 17.0. The highest BCUT2D eigenvalue weighted by Gasteiger charge is 2.24. The Bertz CT molecular complexity index is 1150. The molecule has 0 aliphatic carbocycles. The average molecular weight is 423 g/mol. The second-order valence-corrected chi connectivity index (χ2v) is 7.37. The summed E-state index contributed by atoms with van der Waals surface area (Å²) in [6.07, 6.45) is 6.42. The molecule has 3 heterocycles. The third-order valence-electron chi connectivity index (χ3n) is 4.47. The lowest BCUT2D eigenvalue weighted by Crippen LogP contribution is -2.10. The predicted molar refractivity (Wildman–Crippen MR) is 113 cm³/mol. The van der Waals surface area contributed by atoms with Crippen LogP contribution in [-0.4, -0.2) is 32.0 Å². The Kier molecular flexibility index (Phi) is 5.48. The molecule has 1 atom stereocenters. The number of anilines is 3. The Labute approximate surface area is 176 Å². The summed E-state index contributed by atoms with van der Waals surface area (Å²) in [5.74, 6) is 0.607. The van der Waals surface area contributed by atoms with Gasteiger partial charge in [-0.3, -0.25) is 4.98 Å². The second-order valence-electron chi connectivity index (χ2n) is 6.38. The van der Waals surface area contributed by atoms with Gasteiger partial charge < -0.3 is 15.8 Å². The summed E-state index contributed by atoms with van der Waals surface area (Å²) in [7, 11) is 1.56. The molecule has 152 valence electrons. The van der Waals surface area contributed by atoms with Crippen molar-refractivity contribution >= 4 is 28.9 Å². The zero-order chi connectivity index (χ0) is 21.1. The van der Waals surface area contributed by atoms with Gasteiger partial charge in [0.25, 0.3) is 5.19 Å². The maximum absolute atomic E-state index is 13.5. The molecule has 0 saturated carbocycles. The topological polar surface area (TPSA) is 112 Å². The van der Waals surface area contributed by atoms with Crippen LogP contribution in [0.1, 0.15) is 24.0 Å². The van der Waals surface area contributed by atoms with Crippen molar-refractivity contribution in [3.05, 3.63) is 66.0 Å². The highest BCUT2D eigenvalue weighted by Crippen LogP contribution is 2.40. The largest absolute Gasteiger partial charge is 0.473 e. The van der Waals surface area contributed by atoms with E-state index in [0.29, 0.717) is 22.5 Å². The maximum Gasteiger partial charge on any atom is 0.273 e. The van der Waals surface area contributed by atoms with Crippen LogP contribution in [0.25, 0.3) is 10.6 Å². The average Bonchev–Trinajstić information content (AvgIpc) is 3.23. The number of thiazole rings is 1. The van der Waals surface area contributed by atoms with Gasteiger partial charge in [0.1, 0.15) is 17.5 Å². The van der Waals surface area contributed by atoms with Gasteiger partial charge in [-0.1, -0.05) is 30.4 Å². The van der Waals surface area contributed by atoms with Crippen LogP contribution in [0.4, 0.5) is 22.0 Å². The van der Waals surface area contributed by atoms with Gasteiger partial charge >= 0.3 is 0 Å². The smallest absolute Gasteiger partial charge is 0.273 e. The molecular formula is C20H18FN7OS. The van der Waals surface area contributed by atoms with Crippen LogP contribution in [0.15, 0.2) is 49.1 Å². The van der Waals surface area contributed by atoms with E-state index in [1.54, 1.807) is 44.0 Å². The number of ether oxygens (including phenoxy) is 1. The minimum atomic E-state index is -0.301. The van der Waals surface area contributed by atoms with Crippen molar-refractivity contribution in [2.45, 2.75) is 12.8 Å². The number of nitrogens with zero attached hydrogens (tertiary/aromatic N) is 5. The summed E-state index contributed by atoms with van der Waals surface area (Å²) in [4.78, 5) is 22.2. The molecule has 0 radical (unpaired) electrons. The molecule has 3 aromatic heterocycles. The van der Waals surface area contributed by atoms with E-state index in [2.05, 4.69) is 30.2 Å². The summed E-state index contributed by atoms with van der Waals surface area (Å²) in [5.41, 5.74) is 8.30. The number of nitrogen functional groups attached to an aromatic ring is 1. The maximum atomic E-state index is 13.5. The first-order valence-corrected chi connectivity index (χ1v) is 9.83. The Morgan fingerprint density at radius 1 is 1.10 bits per heavy atom. The third kappa shape index (κ3) is 4.03. The first kappa shape index (κ1) is 19.6. The van der Waals surface area contributed by atoms with E-state index in [4.69, 9.17) is 10.5 Å². The molecule has 0 aliphatic heterocycles. The lowest BCUT2D eigenvalue weighted by Gasteiger charge is -2.20.